The number of nitrogen functional groups attached to an aromatic ring is 1. The van der Waals surface area contributed by atoms with E-state index in [1.54, 1.807) is 6.92 Å². The maximum atomic E-state index is 11.7. The summed E-state index contributed by atoms with van der Waals surface area (Å²) in [6.07, 6.45) is 3.97. The van der Waals surface area contributed by atoms with Crippen molar-refractivity contribution >= 4 is 34.1 Å². The number of aromatic nitrogens is 1. The molecule has 0 aliphatic heterocycles. The lowest BCUT2D eigenvalue weighted by Crippen LogP contribution is -2.48. The van der Waals surface area contributed by atoms with Crippen LogP contribution in [0.2, 0.25) is 5.02 Å². The Kier molecular flexibility index (Phi) is 3.53. The third kappa shape index (κ3) is 2.37. The highest BCUT2D eigenvalue weighted by atomic mass is 35.5. The Hall–Kier alpha value is -2.07. The molecule has 5 heteroatoms. The molecule has 0 saturated carbocycles. The second kappa shape index (κ2) is 5.49. The van der Waals surface area contributed by atoms with Crippen LogP contribution in [0.5, 0.6) is 0 Å². The fourth-order valence-corrected chi connectivity index (χ4v) is 4.51. The minimum atomic E-state index is 0.00510. The van der Waals surface area contributed by atoms with Gasteiger partial charge in [-0.25, -0.2) is 0 Å². The first-order valence-corrected chi connectivity index (χ1v) is 8.63. The number of nitrogens with zero attached hydrogens (tertiary/aromatic N) is 1. The Morgan fingerprint density at radius 2 is 2.17 bits per heavy atom. The second-order valence-corrected chi connectivity index (χ2v) is 7.40. The van der Waals surface area contributed by atoms with Crippen LogP contribution in [-0.4, -0.2) is 16.9 Å². The average Bonchev–Trinajstić information content (AvgIpc) is 2.48. The summed E-state index contributed by atoms with van der Waals surface area (Å²) in [6.45, 7) is 3.73. The minimum Gasteiger partial charge on any atom is -0.398 e. The first kappa shape index (κ1) is 15.5. The van der Waals surface area contributed by atoms with Crippen molar-refractivity contribution in [2.45, 2.75) is 38.6 Å². The van der Waals surface area contributed by atoms with Gasteiger partial charge in [0.05, 0.1) is 5.52 Å². The molecule has 0 spiro atoms. The molecule has 0 fully saturated rings. The Bertz CT molecular complexity index is 890. The first-order valence-electron chi connectivity index (χ1n) is 8.26. The van der Waals surface area contributed by atoms with Gasteiger partial charge in [-0.05, 0) is 38.0 Å². The zero-order valence-electron chi connectivity index (χ0n) is 13.8. The molecule has 0 radical (unpaired) electrons. The lowest BCUT2D eigenvalue weighted by Gasteiger charge is -2.42. The molecule has 2 aliphatic rings. The largest absolute Gasteiger partial charge is 0.398 e. The summed E-state index contributed by atoms with van der Waals surface area (Å²) in [4.78, 5) is 16.5. The zero-order chi connectivity index (χ0) is 17.0. The molecule has 24 heavy (non-hydrogen) atoms. The summed E-state index contributed by atoms with van der Waals surface area (Å²) in [7, 11) is 0. The van der Waals surface area contributed by atoms with Gasteiger partial charge >= 0.3 is 0 Å². The van der Waals surface area contributed by atoms with Crippen molar-refractivity contribution in [2.24, 2.45) is 5.92 Å². The number of amides is 1. The normalized spacial score (nSPS) is 25.1. The van der Waals surface area contributed by atoms with Crippen molar-refractivity contribution in [1.82, 2.24) is 10.3 Å². The standard InChI is InChI=1S/C19H20ClN3O/c1-9-5-11-7-16-17(14(6-9)19(11)22-10(2)24)18(21)13-4-3-12(20)8-15(13)23-16/h3-5,8,11,14,19H,6-7H2,1-2H3,(H2,21,23)(H,22,24)/t11-,14+,19-/m0/s1. The van der Waals surface area contributed by atoms with E-state index in [-0.39, 0.29) is 23.8 Å². The Morgan fingerprint density at radius 1 is 1.38 bits per heavy atom. The molecular weight excluding hydrogens is 322 g/mol. The number of nitrogens with one attached hydrogen (secondary N) is 1. The van der Waals surface area contributed by atoms with E-state index in [1.807, 2.05) is 18.2 Å². The molecule has 1 amide bonds. The van der Waals surface area contributed by atoms with Crippen LogP contribution < -0.4 is 11.1 Å². The SMILES string of the molecule is CC(=O)N[C@@H]1[C@@H]2CC(C)=C[C@H]1Cc1nc3cc(Cl)ccc3c(N)c12. The molecule has 3 atom stereocenters. The van der Waals surface area contributed by atoms with Gasteiger partial charge in [0.15, 0.2) is 0 Å². The van der Waals surface area contributed by atoms with Crippen molar-refractivity contribution in [3.05, 3.63) is 46.1 Å². The number of pyridine rings is 1. The number of carbonyl (C=O) groups is 1. The van der Waals surface area contributed by atoms with Gasteiger partial charge < -0.3 is 11.1 Å². The number of fused-ring (bicyclic) bond motifs is 5. The smallest absolute Gasteiger partial charge is 0.217 e. The number of carbonyl (C=O) groups excluding carboxylic acids is 1. The van der Waals surface area contributed by atoms with Crippen molar-refractivity contribution in [1.29, 1.82) is 0 Å². The summed E-state index contributed by atoms with van der Waals surface area (Å²) < 4.78 is 0. The van der Waals surface area contributed by atoms with Crippen LogP contribution in [0.4, 0.5) is 5.69 Å². The van der Waals surface area contributed by atoms with E-state index in [0.29, 0.717) is 5.02 Å². The van der Waals surface area contributed by atoms with E-state index >= 15 is 0 Å². The number of hydrogen-bond acceptors (Lipinski definition) is 3. The highest BCUT2D eigenvalue weighted by molar-refractivity contribution is 6.31. The molecule has 1 aromatic carbocycles. The summed E-state index contributed by atoms with van der Waals surface area (Å²) in [5, 5.41) is 4.74. The van der Waals surface area contributed by atoms with E-state index < -0.39 is 0 Å². The molecule has 0 unspecified atom stereocenters. The number of hydrogen-bond donors (Lipinski definition) is 2. The predicted molar refractivity (Wildman–Crippen MR) is 97.1 cm³/mol. The van der Waals surface area contributed by atoms with Crippen LogP contribution in [0.3, 0.4) is 0 Å². The highest BCUT2D eigenvalue weighted by Crippen LogP contribution is 2.46. The van der Waals surface area contributed by atoms with Crippen LogP contribution in [0.25, 0.3) is 10.9 Å². The van der Waals surface area contributed by atoms with Crippen LogP contribution >= 0.6 is 11.6 Å². The molecule has 2 aliphatic carbocycles. The van der Waals surface area contributed by atoms with Crippen LogP contribution in [0, 0.1) is 5.92 Å². The molecule has 0 saturated heterocycles. The highest BCUT2D eigenvalue weighted by Gasteiger charge is 2.41. The predicted octanol–water partition coefficient (Wildman–Crippen LogP) is 3.58. The van der Waals surface area contributed by atoms with Gasteiger partial charge in [0, 0.05) is 52.2 Å². The molecule has 3 N–H and O–H groups in total. The van der Waals surface area contributed by atoms with Gasteiger partial charge in [0.1, 0.15) is 0 Å². The quantitative estimate of drug-likeness (QED) is 0.779. The second-order valence-electron chi connectivity index (χ2n) is 6.97. The number of nitrogens with two attached hydrogens (primary N) is 1. The third-order valence-corrected chi connectivity index (χ3v) is 5.45. The molecule has 1 heterocycles. The van der Waals surface area contributed by atoms with E-state index in [4.69, 9.17) is 22.3 Å². The van der Waals surface area contributed by atoms with E-state index in [9.17, 15) is 4.79 Å². The number of benzene rings is 1. The van der Waals surface area contributed by atoms with Gasteiger partial charge in [0.2, 0.25) is 5.91 Å². The minimum absolute atomic E-state index is 0.00510. The Morgan fingerprint density at radius 3 is 2.92 bits per heavy atom. The summed E-state index contributed by atoms with van der Waals surface area (Å²) >= 11 is 6.11. The Balaban J connectivity index is 1.92. The molecule has 2 aromatic rings. The average molecular weight is 342 g/mol. The maximum Gasteiger partial charge on any atom is 0.217 e. The summed E-state index contributed by atoms with van der Waals surface area (Å²) in [5.74, 6) is 0.453. The molecule has 4 rings (SSSR count). The summed E-state index contributed by atoms with van der Waals surface area (Å²) in [5.41, 5.74) is 11.7. The topological polar surface area (TPSA) is 68.0 Å². The maximum absolute atomic E-state index is 11.7. The van der Waals surface area contributed by atoms with Gasteiger partial charge in [0.25, 0.3) is 0 Å². The van der Waals surface area contributed by atoms with Crippen molar-refractivity contribution in [3.63, 3.8) is 0 Å². The third-order valence-electron chi connectivity index (χ3n) is 5.21. The molecule has 1 aromatic heterocycles. The lowest BCUT2D eigenvalue weighted by molar-refractivity contribution is -0.120. The fraction of sp³-hybridized carbons (Fsp3) is 0.368. The zero-order valence-corrected chi connectivity index (χ0v) is 14.5. The molecule has 2 bridgehead atoms. The van der Waals surface area contributed by atoms with E-state index in [2.05, 4.69) is 18.3 Å². The van der Waals surface area contributed by atoms with Crippen molar-refractivity contribution in [2.75, 3.05) is 5.73 Å². The monoisotopic (exact) mass is 341 g/mol. The van der Waals surface area contributed by atoms with Gasteiger partial charge in [-0.2, -0.15) is 0 Å². The number of rotatable bonds is 1. The fourth-order valence-electron chi connectivity index (χ4n) is 4.34. The van der Waals surface area contributed by atoms with Crippen molar-refractivity contribution < 1.29 is 4.79 Å². The molecule has 124 valence electrons. The number of halogens is 1. The number of allylic oxidation sites excluding steroid dienone is 1. The molecule has 4 nitrogen and oxygen atoms in total. The molecular formula is C19H20ClN3O. The van der Waals surface area contributed by atoms with Gasteiger partial charge in [-0.3, -0.25) is 9.78 Å². The van der Waals surface area contributed by atoms with Crippen LogP contribution in [0.1, 0.15) is 37.4 Å². The Labute approximate surface area is 146 Å². The lowest BCUT2D eigenvalue weighted by atomic mass is 9.67. The van der Waals surface area contributed by atoms with Crippen LogP contribution in [-0.2, 0) is 11.2 Å². The van der Waals surface area contributed by atoms with Crippen LogP contribution in [0.15, 0.2) is 29.8 Å². The van der Waals surface area contributed by atoms with E-state index in [0.717, 1.165) is 40.7 Å². The summed E-state index contributed by atoms with van der Waals surface area (Å²) in [6, 6.07) is 5.74. The van der Waals surface area contributed by atoms with E-state index in [1.165, 1.54) is 5.57 Å². The van der Waals surface area contributed by atoms with Crippen molar-refractivity contribution in [3.8, 4) is 0 Å². The van der Waals surface area contributed by atoms with Gasteiger partial charge in [-0.1, -0.05) is 23.3 Å². The number of anilines is 1. The first-order chi connectivity index (χ1) is 11.4. The van der Waals surface area contributed by atoms with Gasteiger partial charge in [-0.15, -0.1) is 0 Å².